The Kier molecular flexibility index (Phi) is 7.63. The summed E-state index contributed by atoms with van der Waals surface area (Å²) < 4.78 is 10.7. The van der Waals surface area contributed by atoms with E-state index in [-0.39, 0.29) is 12.0 Å². The highest BCUT2D eigenvalue weighted by molar-refractivity contribution is 5.80. The fourth-order valence-corrected chi connectivity index (χ4v) is 2.89. The Bertz CT molecular complexity index is 323. The first-order valence-corrected chi connectivity index (χ1v) is 8.15. The minimum Gasteiger partial charge on any atom is -0.465 e. The molecule has 1 fully saturated rings. The molecule has 0 amide bonds. The Morgan fingerprint density at radius 1 is 1.52 bits per heavy atom. The van der Waals surface area contributed by atoms with Gasteiger partial charge in [0, 0.05) is 18.6 Å². The van der Waals surface area contributed by atoms with Crippen LogP contribution in [-0.4, -0.2) is 61.4 Å². The fourth-order valence-electron chi connectivity index (χ4n) is 2.89. The van der Waals surface area contributed by atoms with Gasteiger partial charge in [-0.2, -0.15) is 0 Å². The van der Waals surface area contributed by atoms with Crippen LogP contribution in [0.25, 0.3) is 0 Å². The van der Waals surface area contributed by atoms with Gasteiger partial charge in [-0.05, 0) is 54.0 Å². The third-order valence-electron chi connectivity index (χ3n) is 3.96. The third-order valence-corrected chi connectivity index (χ3v) is 3.96. The number of carbonyl (C=O) groups excluding carboxylic acids is 1. The lowest BCUT2D eigenvalue weighted by Crippen LogP contribution is -2.53. The van der Waals surface area contributed by atoms with E-state index in [1.807, 2.05) is 13.8 Å². The number of ether oxygens (including phenoxy) is 2. The number of hydrogen-bond acceptors (Lipinski definition) is 5. The molecule has 0 saturated carbocycles. The van der Waals surface area contributed by atoms with Gasteiger partial charge in [-0.3, -0.25) is 15.0 Å². The molecule has 5 nitrogen and oxygen atoms in total. The molecule has 1 N–H and O–H groups in total. The van der Waals surface area contributed by atoms with Crippen molar-refractivity contribution < 1.29 is 14.3 Å². The Balaban J connectivity index is 2.50. The van der Waals surface area contributed by atoms with Crippen LogP contribution in [0.4, 0.5) is 0 Å². The zero-order chi connectivity index (χ0) is 15.9. The van der Waals surface area contributed by atoms with E-state index in [1.165, 1.54) is 0 Å². The molecule has 2 atom stereocenters. The van der Waals surface area contributed by atoms with Crippen molar-refractivity contribution in [3.05, 3.63) is 0 Å². The topological polar surface area (TPSA) is 50.8 Å². The molecule has 0 bridgehead atoms. The molecule has 1 aliphatic rings. The SMILES string of the molecule is CCOC(=O)C(C)(CCCN1CCOCC1C)NC(C)C. The van der Waals surface area contributed by atoms with Crippen LogP contribution in [0.2, 0.25) is 0 Å². The lowest BCUT2D eigenvalue weighted by Gasteiger charge is -2.35. The molecule has 2 unspecified atom stereocenters. The molecule has 0 aromatic carbocycles. The van der Waals surface area contributed by atoms with Gasteiger partial charge in [-0.25, -0.2) is 0 Å². The highest BCUT2D eigenvalue weighted by Gasteiger charge is 2.34. The molecule has 0 aromatic heterocycles. The summed E-state index contributed by atoms with van der Waals surface area (Å²) in [5, 5.41) is 3.37. The second kappa shape index (κ2) is 8.71. The second-order valence-electron chi connectivity index (χ2n) is 6.42. The van der Waals surface area contributed by atoms with Crippen LogP contribution < -0.4 is 5.32 Å². The van der Waals surface area contributed by atoms with Crippen LogP contribution in [-0.2, 0) is 14.3 Å². The van der Waals surface area contributed by atoms with Crippen molar-refractivity contribution in [1.82, 2.24) is 10.2 Å². The van der Waals surface area contributed by atoms with Gasteiger partial charge in [0.25, 0.3) is 0 Å². The molecule has 1 aliphatic heterocycles. The molecule has 0 aromatic rings. The molecular weight excluding hydrogens is 268 g/mol. The zero-order valence-corrected chi connectivity index (χ0v) is 14.3. The number of nitrogens with zero attached hydrogens (tertiary/aromatic N) is 1. The fraction of sp³-hybridized carbons (Fsp3) is 0.938. The van der Waals surface area contributed by atoms with Crippen LogP contribution >= 0.6 is 0 Å². The number of morpholine rings is 1. The van der Waals surface area contributed by atoms with Crippen LogP contribution in [0.1, 0.15) is 47.5 Å². The van der Waals surface area contributed by atoms with Crippen molar-refractivity contribution in [1.29, 1.82) is 0 Å². The predicted octanol–water partition coefficient (Wildman–Crippen LogP) is 1.81. The van der Waals surface area contributed by atoms with Gasteiger partial charge < -0.3 is 9.47 Å². The van der Waals surface area contributed by atoms with Crippen molar-refractivity contribution in [3.63, 3.8) is 0 Å². The molecule has 5 heteroatoms. The summed E-state index contributed by atoms with van der Waals surface area (Å²) >= 11 is 0. The lowest BCUT2D eigenvalue weighted by molar-refractivity contribution is -0.151. The lowest BCUT2D eigenvalue weighted by atomic mass is 9.94. The maximum Gasteiger partial charge on any atom is 0.326 e. The Hall–Kier alpha value is -0.650. The molecule has 0 radical (unpaired) electrons. The normalized spacial score (nSPS) is 23.0. The number of carbonyl (C=O) groups is 1. The van der Waals surface area contributed by atoms with Crippen molar-refractivity contribution in [2.24, 2.45) is 0 Å². The van der Waals surface area contributed by atoms with E-state index in [0.29, 0.717) is 12.6 Å². The summed E-state index contributed by atoms with van der Waals surface area (Å²) in [4.78, 5) is 14.7. The van der Waals surface area contributed by atoms with E-state index < -0.39 is 5.54 Å². The molecule has 21 heavy (non-hydrogen) atoms. The van der Waals surface area contributed by atoms with E-state index in [4.69, 9.17) is 9.47 Å². The van der Waals surface area contributed by atoms with Gasteiger partial charge in [-0.1, -0.05) is 0 Å². The smallest absolute Gasteiger partial charge is 0.326 e. The summed E-state index contributed by atoms with van der Waals surface area (Å²) in [6.45, 7) is 14.1. The van der Waals surface area contributed by atoms with E-state index >= 15 is 0 Å². The summed E-state index contributed by atoms with van der Waals surface area (Å²) in [5.41, 5.74) is -0.598. The van der Waals surface area contributed by atoms with Crippen LogP contribution in [0.15, 0.2) is 0 Å². The zero-order valence-electron chi connectivity index (χ0n) is 14.3. The Morgan fingerprint density at radius 2 is 2.24 bits per heavy atom. The van der Waals surface area contributed by atoms with Crippen LogP contribution in [0, 0.1) is 0 Å². The Morgan fingerprint density at radius 3 is 2.81 bits per heavy atom. The van der Waals surface area contributed by atoms with Gasteiger partial charge >= 0.3 is 5.97 Å². The maximum atomic E-state index is 12.2. The summed E-state index contributed by atoms with van der Waals surface area (Å²) in [6.07, 6.45) is 1.76. The van der Waals surface area contributed by atoms with Crippen LogP contribution in [0.5, 0.6) is 0 Å². The predicted molar refractivity (Wildman–Crippen MR) is 84.4 cm³/mol. The molecular formula is C16H32N2O3. The first-order valence-electron chi connectivity index (χ1n) is 8.15. The summed E-state index contributed by atoms with van der Waals surface area (Å²) in [5.74, 6) is -0.145. The standard InChI is InChI=1S/C16H32N2O3/c1-6-21-15(19)16(5,17-13(2)3)8-7-9-18-10-11-20-12-14(18)4/h13-14,17H,6-12H2,1-5H3. The van der Waals surface area contributed by atoms with Gasteiger partial charge in [0.05, 0.1) is 19.8 Å². The third kappa shape index (κ3) is 5.93. The number of hydrogen-bond donors (Lipinski definition) is 1. The largest absolute Gasteiger partial charge is 0.465 e. The van der Waals surface area contributed by atoms with Gasteiger partial charge in [0.15, 0.2) is 0 Å². The van der Waals surface area contributed by atoms with E-state index in [0.717, 1.165) is 39.1 Å². The number of nitrogens with one attached hydrogen (secondary N) is 1. The van der Waals surface area contributed by atoms with Gasteiger partial charge in [0.2, 0.25) is 0 Å². The van der Waals surface area contributed by atoms with Crippen molar-refractivity contribution in [3.8, 4) is 0 Å². The van der Waals surface area contributed by atoms with E-state index in [1.54, 1.807) is 0 Å². The number of esters is 1. The van der Waals surface area contributed by atoms with Gasteiger partial charge in [0.1, 0.15) is 5.54 Å². The van der Waals surface area contributed by atoms with Gasteiger partial charge in [-0.15, -0.1) is 0 Å². The molecule has 124 valence electrons. The summed E-state index contributed by atoms with van der Waals surface area (Å²) in [7, 11) is 0. The molecule has 1 saturated heterocycles. The highest BCUT2D eigenvalue weighted by atomic mass is 16.5. The molecule has 0 aliphatic carbocycles. The molecule has 0 spiro atoms. The van der Waals surface area contributed by atoms with Crippen molar-refractivity contribution in [2.75, 3.05) is 32.9 Å². The van der Waals surface area contributed by atoms with Crippen molar-refractivity contribution in [2.45, 2.75) is 65.1 Å². The molecule has 1 heterocycles. The number of rotatable bonds is 8. The Labute approximate surface area is 129 Å². The molecule has 1 rings (SSSR count). The first kappa shape index (κ1) is 18.4. The quantitative estimate of drug-likeness (QED) is 0.693. The average Bonchev–Trinajstić information content (AvgIpc) is 2.40. The summed E-state index contributed by atoms with van der Waals surface area (Å²) in [6, 6.07) is 0.715. The maximum absolute atomic E-state index is 12.2. The highest BCUT2D eigenvalue weighted by Crippen LogP contribution is 2.17. The van der Waals surface area contributed by atoms with E-state index in [2.05, 4.69) is 31.0 Å². The second-order valence-corrected chi connectivity index (χ2v) is 6.42. The minimum absolute atomic E-state index is 0.145. The van der Waals surface area contributed by atoms with Crippen molar-refractivity contribution >= 4 is 5.97 Å². The monoisotopic (exact) mass is 300 g/mol. The first-order chi connectivity index (χ1) is 9.89. The van der Waals surface area contributed by atoms with Crippen LogP contribution in [0.3, 0.4) is 0 Å². The average molecular weight is 300 g/mol. The minimum atomic E-state index is -0.598. The van der Waals surface area contributed by atoms with E-state index in [9.17, 15) is 4.79 Å².